The van der Waals surface area contributed by atoms with Gasteiger partial charge in [-0.25, -0.2) is 15.0 Å². The highest BCUT2D eigenvalue weighted by atomic mass is 32.1. The Bertz CT molecular complexity index is 939. The molecule has 1 aliphatic heterocycles. The van der Waals surface area contributed by atoms with E-state index in [1.807, 2.05) is 32.0 Å². The molecule has 1 aliphatic rings. The van der Waals surface area contributed by atoms with Gasteiger partial charge in [-0.05, 0) is 31.5 Å². The van der Waals surface area contributed by atoms with Crippen molar-refractivity contribution in [3.63, 3.8) is 0 Å². The predicted molar refractivity (Wildman–Crippen MR) is 101 cm³/mol. The second-order valence-corrected chi connectivity index (χ2v) is 7.01. The zero-order valence-corrected chi connectivity index (χ0v) is 15.2. The Kier molecular flexibility index (Phi) is 4.21. The van der Waals surface area contributed by atoms with Crippen LogP contribution in [0, 0.1) is 13.8 Å². The van der Waals surface area contributed by atoms with Crippen LogP contribution in [0.4, 0.5) is 22.5 Å². The van der Waals surface area contributed by atoms with Gasteiger partial charge < -0.3 is 25.8 Å². The summed E-state index contributed by atoms with van der Waals surface area (Å²) >= 11 is 1.56. The molecule has 2 aromatic heterocycles. The van der Waals surface area contributed by atoms with Gasteiger partial charge in [0.05, 0.1) is 5.69 Å². The number of thiazole rings is 1. The Morgan fingerprint density at radius 1 is 1.15 bits per heavy atom. The van der Waals surface area contributed by atoms with Gasteiger partial charge in [-0.1, -0.05) is 6.07 Å². The van der Waals surface area contributed by atoms with Gasteiger partial charge in [0, 0.05) is 11.4 Å². The van der Waals surface area contributed by atoms with Gasteiger partial charge in [-0.3, -0.25) is 0 Å². The molecule has 0 bridgehead atoms. The summed E-state index contributed by atoms with van der Waals surface area (Å²) < 4.78 is 10.7. The number of ether oxygens (including phenoxy) is 2. The molecule has 0 radical (unpaired) electrons. The summed E-state index contributed by atoms with van der Waals surface area (Å²) in [6.45, 7) is 4.81. The van der Waals surface area contributed by atoms with E-state index in [0.717, 1.165) is 32.8 Å². The zero-order valence-electron chi connectivity index (χ0n) is 14.4. The number of hydrogen-bond donors (Lipinski definition) is 3. The lowest BCUT2D eigenvalue weighted by atomic mass is 10.2. The molecule has 1 aromatic carbocycles. The second kappa shape index (κ2) is 6.68. The van der Waals surface area contributed by atoms with Crippen molar-refractivity contribution in [1.29, 1.82) is 0 Å². The average molecular weight is 370 g/mol. The van der Waals surface area contributed by atoms with E-state index in [1.54, 1.807) is 11.3 Å². The van der Waals surface area contributed by atoms with Crippen molar-refractivity contribution < 1.29 is 9.47 Å². The smallest absolute Gasteiger partial charge is 0.231 e. The minimum Gasteiger partial charge on any atom is -0.454 e. The summed E-state index contributed by atoms with van der Waals surface area (Å²) in [6, 6.07) is 5.80. The summed E-state index contributed by atoms with van der Waals surface area (Å²) in [5.41, 5.74) is 8.68. The highest BCUT2D eigenvalue weighted by Gasteiger charge is 2.14. The van der Waals surface area contributed by atoms with Crippen LogP contribution in [-0.2, 0) is 6.54 Å². The van der Waals surface area contributed by atoms with Crippen molar-refractivity contribution in [2.45, 2.75) is 20.4 Å². The van der Waals surface area contributed by atoms with Gasteiger partial charge in [0.2, 0.25) is 6.79 Å². The predicted octanol–water partition coefficient (Wildman–Crippen LogP) is 3.22. The molecular weight excluding hydrogens is 352 g/mol. The molecule has 3 heterocycles. The highest BCUT2D eigenvalue weighted by Crippen LogP contribution is 2.33. The van der Waals surface area contributed by atoms with Crippen LogP contribution in [0.2, 0.25) is 0 Å². The van der Waals surface area contributed by atoms with Crippen molar-refractivity contribution in [2.24, 2.45) is 0 Å². The van der Waals surface area contributed by atoms with Crippen LogP contribution < -0.4 is 25.8 Å². The molecule has 0 amide bonds. The third-order valence-corrected chi connectivity index (χ3v) is 5.02. The molecule has 0 saturated heterocycles. The Morgan fingerprint density at radius 2 is 1.96 bits per heavy atom. The first kappa shape index (κ1) is 16.4. The van der Waals surface area contributed by atoms with Crippen LogP contribution >= 0.6 is 11.3 Å². The molecule has 26 heavy (non-hydrogen) atoms. The first-order chi connectivity index (χ1) is 12.6. The fourth-order valence-electron chi connectivity index (χ4n) is 2.50. The molecule has 0 spiro atoms. The van der Waals surface area contributed by atoms with Gasteiger partial charge in [0.15, 0.2) is 28.3 Å². The SMILES string of the molecule is Cc1nc(Nc2ncnc(NCc3ccc4c(c3)OCO4)c2N)sc1C. The van der Waals surface area contributed by atoms with E-state index < -0.39 is 0 Å². The summed E-state index contributed by atoms with van der Waals surface area (Å²) in [6.07, 6.45) is 1.47. The number of nitrogens with one attached hydrogen (secondary N) is 2. The number of nitrogen functional groups attached to an aromatic ring is 1. The first-order valence-electron chi connectivity index (χ1n) is 8.04. The summed E-state index contributed by atoms with van der Waals surface area (Å²) in [5.74, 6) is 2.60. The highest BCUT2D eigenvalue weighted by molar-refractivity contribution is 7.15. The molecule has 0 unspecified atom stereocenters. The number of fused-ring (bicyclic) bond motifs is 1. The maximum atomic E-state index is 6.21. The molecule has 0 saturated carbocycles. The van der Waals surface area contributed by atoms with Crippen LogP contribution in [0.25, 0.3) is 0 Å². The lowest BCUT2D eigenvalue weighted by molar-refractivity contribution is 0.174. The molecule has 4 rings (SSSR count). The zero-order chi connectivity index (χ0) is 18.1. The monoisotopic (exact) mass is 370 g/mol. The van der Waals surface area contributed by atoms with Crippen LogP contribution in [0.1, 0.15) is 16.1 Å². The summed E-state index contributed by atoms with van der Waals surface area (Å²) in [4.78, 5) is 14.1. The van der Waals surface area contributed by atoms with Gasteiger partial charge in [-0.15, -0.1) is 11.3 Å². The molecular formula is C17H18N6O2S. The number of aromatic nitrogens is 3. The number of aryl methyl sites for hydroxylation is 2. The molecule has 0 fully saturated rings. The van der Waals surface area contributed by atoms with Crippen molar-refractivity contribution in [3.05, 3.63) is 40.7 Å². The Hall–Kier alpha value is -3.07. The summed E-state index contributed by atoms with van der Waals surface area (Å²) in [5, 5.41) is 7.15. The van der Waals surface area contributed by atoms with Crippen molar-refractivity contribution in [1.82, 2.24) is 15.0 Å². The number of hydrogen-bond acceptors (Lipinski definition) is 9. The third kappa shape index (κ3) is 3.21. The Morgan fingerprint density at radius 3 is 2.77 bits per heavy atom. The normalized spacial score (nSPS) is 12.2. The van der Waals surface area contributed by atoms with Crippen molar-refractivity contribution in [2.75, 3.05) is 23.2 Å². The van der Waals surface area contributed by atoms with Crippen molar-refractivity contribution >= 4 is 33.8 Å². The van der Waals surface area contributed by atoms with E-state index in [-0.39, 0.29) is 6.79 Å². The average Bonchev–Trinajstić information content (AvgIpc) is 3.21. The fraction of sp³-hybridized carbons (Fsp3) is 0.235. The van der Waals surface area contributed by atoms with E-state index in [4.69, 9.17) is 15.2 Å². The number of nitrogens with zero attached hydrogens (tertiary/aromatic N) is 3. The maximum absolute atomic E-state index is 6.21. The van der Waals surface area contributed by atoms with Crippen LogP contribution in [0.15, 0.2) is 24.5 Å². The quantitative estimate of drug-likeness (QED) is 0.628. The molecule has 3 aromatic rings. The van der Waals surface area contributed by atoms with Crippen LogP contribution in [0.3, 0.4) is 0 Å². The molecule has 8 nitrogen and oxygen atoms in total. The number of rotatable bonds is 5. The van der Waals surface area contributed by atoms with E-state index in [0.29, 0.717) is 23.9 Å². The minimum atomic E-state index is 0.260. The third-order valence-electron chi connectivity index (χ3n) is 4.03. The lowest BCUT2D eigenvalue weighted by Crippen LogP contribution is -2.08. The van der Waals surface area contributed by atoms with E-state index in [2.05, 4.69) is 25.6 Å². The Balaban J connectivity index is 1.48. The first-order valence-corrected chi connectivity index (χ1v) is 8.85. The second-order valence-electron chi connectivity index (χ2n) is 5.81. The van der Waals surface area contributed by atoms with Gasteiger partial charge >= 0.3 is 0 Å². The number of anilines is 4. The molecule has 9 heteroatoms. The van der Waals surface area contributed by atoms with Crippen molar-refractivity contribution in [3.8, 4) is 11.5 Å². The standard InChI is InChI=1S/C17H18N6O2S/c1-9-10(2)26-17(22-9)23-16-14(18)15(20-7-21-16)19-6-11-3-4-12-13(5-11)25-8-24-12/h3-5,7H,6,8,18H2,1-2H3,(H2,19,20,21,22,23). The van der Waals surface area contributed by atoms with E-state index >= 15 is 0 Å². The maximum Gasteiger partial charge on any atom is 0.231 e. The molecule has 4 N–H and O–H groups in total. The molecule has 134 valence electrons. The number of nitrogens with two attached hydrogens (primary N) is 1. The fourth-order valence-corrected chi connectivity index (χ4v) is 3.31. The van der Waals surface area contributed by atoms with Gasteiger partial charge in [0.1, 0.15) is 12.0 Å². The lowest BCUT2D eigenvalue weighted by Gasteiger charge is -2.11. The number of benzene rings is 1. The molecule has 0 atom stereocenters. The van der Waals surface area contributed by atoms with E-state index in [1.165, 1.54) is 6.33 Å². The topological polar surface area (TPSA) is 107 Å². The van der Waals surface area contributed by atoms with Crippen LogP contribution in [-0.4, -0.2) is 21.7 Å². The minimum absolute atomic E-state index is 0.260. The van der Waals surface area contributed by atoms with Crippen LogP contribution in [0.5, 0.6) is 11.5 Å². The van der Waals surface area contributed by atoms with E-state index in [9.17, 15) is 0 Å². The largest absolute Gasteiger partial charge is 0.454 e. The van der Waals surface area contributed by atoms with Gasteiger partial charge in [0.25, 0.3) is 0 Å². The van der Waals surface area contributed by atoms with Gasteiger partial charge in [-0.2, -0.15) is 0 Å². The summed E-state index contributed by atoms with van der Waals surface area (Å²) in [7, 11) is 0. The Labute approximate surface area is 154 Å². The molecule has 0 aliphatic carbocycles.